The molecule has 1 radical (unpaired) electrons. The SMILES string of the molecule is CCC1=NCc2n[c-]cnc21.[Y]. The topological polar surface area (TPSA) is 38.1 Å². The van der Waals surface area contributed by atoms with E-state index in [2.05, 4.69) is 28.1 Å². The normalized spacial score (nSPS) is 13.2. The van der Waals surface area contributed by atoms with Gasteiger partial charge < -0.3 is 9.98 Å². The second-order valence-corrected chi connectivity index (χ2v) is 2.41. The Hall–Kier alpha value is -0.146. The largest absolute Gasteiger partial charge is 0.451 e. The second kappa shape index (κ2) is 4.19. The molecule has 3 nitrogen and oxygen atoms in total. The van der Waals surface area contributed by atoms with E-state index in [1.165, 1.54) is 0 Å². The molecule has 0 spiro atoms. The predicted molar refractivity (Wildman–Crippen MR) is 41.4 cm³/mol. The molecule has 2 rings (SSSR count). The van der Waals surface area contributed by atoms with Gasteiger partial charge in [0.2, 0.25) is 0 Å². The van der Waals surface area contributed by atoms with Crippen molar-refractivity contribution in [2.45, 2.75) is 19.9 Å². The Kier molecular flexibility index (Phi) is 3.47. The van der Waals surface area contributed by atoms with Crippen molar-refractivity contribution in [2.75, 3.05) is 0 Å². The molecule has 0 N–H and O–H groups in total. The van der Waals surface area contributed by atoms with Crippen molar-refractivity contribution in [1.29, 1.82) is 0 Å². The van der Waals surface area contributed by atoms with Crippen LogP contribution in [0.2, 0.25) is 0 Å². The monoisotopic (exact) mass is 235 g/mol. The van der Waals surface area contributed by atoms with Gasteiger partial charge in [-0.05, 0) is 12.6 Å². The average molecular weight is 235 g/mol. The van der Waals surface area contributed by atoms with E-state index in [4.69, 9.17) is 0 Å². The maximum atomic E-state index is 4.29. The molecule has 12 heavy (non-hydrogen) atoms. The molecule has 0 unspecified atom stereocenters. The number of aromatic nitrogens is 2. The molecule has 0 aliphatic carbocycles. The second-order valence-electron chi connectivity index (χ2n) is 2.41. The molecule has 0 aromatic carbocycles. The molecule has 1 aliphatic heterocycles. The van der Waals surface area contributed by atoms with Gasteiger partial charge in [0.1, 0.15) is 0 Å². The Balaban J connectivity index is 0.000000720. The third-order valence-corrected chi connectivity index (χ3v) is 1.75. The van der Waals surface area contributed by atoms with Crippen LogP contribution in [0.25, 0.3) is 0 Å². The number of rotatable bonds is 1. The maximum Gasteiger partial charge on any atom is 0.0423 e. The first-order valence-corrected chi connectivity index (χ1v) is 3.67. The number of hydrogen-bond donors (Lipinski definition) is 0. The fourth-order valence-electron chi connectivity index (χ4n) is 1.20. The number of aliphatic imine (C=N–C) groups is 1. The van der Waals surface area contributed by atoms with Crippen LogP contribution in [0.5, 0.6) is 0 Å². The van der Waals surface area contributed by atoms with Crippen LogP contribution in [0.3, 0.4) is 0 Å². The first-order chi connectivity index (χ1) is 5.42. The molecular formula is C8H8N3Y-. The summed E-state index contributed by atoms with van der Waals surface area (Å²) >= 11 is 0. The summed E-state index contributed by atoms with van der Waals surface area (Å²) in [6, 6.07) is 0. The summed E-state index contributed by atoms with van der Waals surface area (Å²) in [5, 5.41) is 0. The summed E-state index contributed by atoms with van der Waals surface area (Å²) in [6.07, 6.45) is 5.23. The average Bonchev–Trinajstić information content (AvgIpc) is 2.47. The molecule has 2 heterocycles. The fourth-order valence-corrected chi connectivity index (χ4v) is 1.20. The summed E-state index contributed by atoms with van der Waals surface area (Å²) in [5.41, 5.74) is 3.00. The Morgan fingerprint density at radius 3 is 3.17 bits per heavy atom. The summed E-state index contributed by atoms with van der Waals surface area (Å²) in [4.78, 5) is 12.5. The van der Waals surface area contributed by atoms with Crippen LogP contribution in [-0.4, -0.2) is 15.7 Å². The van der Waals surface area contributed by atoms with Gasteiger partial charge in [-0.3, -0.25) is 4.98 Å². The Bertz CT molecular complexity index is 309. The van der Waals surface area contributed by atoms with Gasteiger partial charge in [0.25, 0.3) is 0 Å². The molecule has 0 fully saturated rings. The zero-order chi connectivity index (χ0) is 7.68. The van der Waals surface area contributed by atoms with Crippen molar-refractivity contribution < 1.29 is 32.7 Å². The Morgan fingerprint density at radius 2 is 2.42 bits per heavy atom. The van der Waals surface area contributed by atoms with E-state index >= 15 is 0 Å². The van der Waals surface area contributed by atoms with Crippen molar-refractivity contribution in [3.8, 4) is 0 Å². The van der Waals surface area contributed by atoms with E-state index < -0.39 is 0 Å². The van der Waals surface area contributed by atoms with E-state index in [1.54, 1.807) is 6.20 Å². The van der Waals surface area contributed by atoms with Crippen LogP contribution >= 0.6 is 0 Å². The third-order valence-electron chi connectivity index (χ3n) is 1.75. The van der Waals surface area contributed by atoms with Crippen molar-refractivity contribution in [2.24, 2.45) is 4.99 Å². The van der Waals surface area contributed by atoms with Crippen LogP contribution in [0.1, 0.15) is 24.7 Å². The molecule has 1 aliphatic rings. The molecular weight excluding hydrogens is 227 g/mol. The van der Waals surface area contributed by atoms with Crippen molar-refractivity contribution in [3.05, 3.63) is 23.8 Å². The van der Waals surface area contributed by atoms with E-state index in [0.29, 0.717) is 6.54 Å². The van der Waals surface area contributed by atoms with E-state index in [9.17, 15) is 0 Å². The van der Waals surface area contributed by atoms with Gasteiger partial charge >= 0.3 is 0 Å². The van der Waals surface area contributed by atoms with Gasteiger partial charge in [-0.15, -0.1) is 6.20 Å². The number of hydrogen-bond acceptors (Lipinski definition) is 3. The molecule has 0 bridgehead atoms. The fraction of sp³-hybridized carbons (Fsp3) is 0.375. The Morgan fingerprint density at radius 1 is 1.58 bits per heavy atom. The van der Waals surface area contributed by atoms with Gasteiger partial charge in [0.05, 0.1) is 0 Å². The first kappa shape index (κ1) is 9.94. The van der Waals surface area contributed by atoms with Crippen molar-refractivity contribution >= 4 is 5.71 Å². The zero-order valence-electron chi connectivity index (χ0n) is 6.91. The minimum atomic E-state index is 0. The summed E-state index contributed by atoms with van der Waals surface area (Å²) in [5.74, 6) is 0. The summed E-state index contributed by atoms with van der Waals surface area (Å²) in [6.45, 7) is 2.76. The van der Waals surface area contributed by atoms with Crippen molar-refractivity contribution in [1.82, 2.24) is 9.97 Å². The third kappa shape index (κ3) is 1.62. The number of nitrogens with zero attached hydrogens (tertiary/aromatic N) is 3. The van der Waals surface area contributed by atoms with Crippen LogP contribution in [0, 0.1) is 6.20 Å². The van der Waals surface area contributed by atoms with Gasteiger partial charge in [-0.25, -0.2) is 0 Å². The molecule has 4 heteroatoms. The first-order valence-electron chi connectivity index (χ1n) is 3.67. The van der Waals surface area contributed by atoms with Gasteiger partial charge in [-0.1, -0.05) is 12.6 Å². The maximum absolute atomic E-state index is 4.29. The summed E-state index contributed by atoms with van der Waals surface area (Å²) in [7, 11) is 0. The standard InChI is InChI=1S/C8H8N3.Y/c1-2-6-8-7(5-11-6)9-3-4-10-8;/h4H,2,5H2,1H3;/q-1;. The predicted octanol–water partition coefficient (Wildman–Crippen LogP) is 0.987. The molecule has 0 amide bonds. The zero-order valence-corrected chi connectivity index (χ0v) is 9.75. The molecule has 1 aromatic heterocycles. The van der Waals surface area contributed by atoms with Crippen LogP contribution in [0.15, 0.2) is 11.2 Å². The van der Waals surface area contributed by atoms with Gasteiger partial charge in [0, 0.05) is 50.7 Å². The minimum Gasteiger partial charge on any atom is -0.451 e. The van der Waals surface area contributed by atoms with Gasteiger partial charge in [0.15, 0.2) is 0 Å². The van der Waals surface area contributed by atoms with Crippen molar-refractivity contribution in [3.63, 3.8) is 0 Å². The quantitative estimate of drug-likeness (QED) is 0.680. The van der Waals surface area contributed by atoms with Gasteiger partial charge in [-0.2, -0.15) is 0 Å². The molecule has 59 valence electrons. The van der Waals surface area contributed by atoms with E-state index in [1.807, 2.05) is 0 Å². The molecule has 0 saturated heterocycles. The summed E-state index contributed by atoms with van der Waals surface area (Å²) < 4.78 is 0. The number of fused-ring (bicyclic) bond motifs is 1. The van der Waals surface area contributed by atoms with E-state index in [-0.39, 0.29) is 32.7 Å². The molecule has 0 saturated carbocycles. The van der Waals surface area contributed by atoms with Crippen LogP contribution in [-0.2, 0) is 39.3 Å². The minimum absolute atomic E-state index is 0. The van der Waals surface area contributed by atoms with Crippen LogP contribution in [0.4, 0.5) is 0 Å². The Labute approximate surface area is 96.6 Å². The smallest absolute Gasteiger partial charge is 0.0423 e. The molecule has 1 aromatic rings. The van der Waals surface area contributed by atoms with Crippen LogP contribution < -0.4 is 0 Å². The van der Waals surface area contributed by atoms with E-state index in [0.717, 1.165) is 23.5 Å². The molecule has 0 atom stereocenters.